The van der Waals surface area contributed by atoms with Gasteiger partial charge in [-0.05, 0) is 81.4 Å². The van der Waals surface area contributed by atoms with Crippen molar-refractivity contribution in [2.45, 2.75) is 63.8 Å². The molecule has 2 aromatic carbocycles. The largest absolute Gasteiger partial charge is 0.491 e. The van der Waals surface area contributed by atoms with Crippen LogP contribution in [-0.2, 0) is 22.1 Å². The number of alkyl halides is 3. The highest BCUT2D eigenvalue weighted by Gasteiger charge is 2.46. The van der Waals surface area contributed by atoms with Crippen LogP contribution in [0, 0.1) is 0 Å². The van der Waals surface area contributed by atoms with E-state index >= 15 is 0 Å². The fourth-order valence-corrected chi connectivity index (χ4v) is 5.10. The number of carbonyl (C=O) groups is 2. The van der Waals surface area contributed by atoms with Crippen LogP contribution in [0.15, 0.2) is 48.0 Å². The van der Waals surface area contributed by atoms with E-state index in [0.29, 0.717) is 42.7 Å². The first-order valence-electron chi connectivity index (χ1n) is 13.4. The lowest BCUT2D eigenvalue weighted by Crippen LogP contribution is -2.46. The number of halogens is 4. The molecular formula is C30H34ClF3N2O5. The lowest BCUT2D eigenvalue weighted by molar-refractivity contribution is -0.137. The van der Waals surface area contributed by atoms with Gasteiger partial charge in [0.1, 0.15) is 18.0 Å². The summed E-state index contributed by atoms with van der Waals surface area (Å²) in [5, 5.41) is 11.7. The van der Waals surface area contributed by atoms with Gasteiger partial charge < -0.3 is 24.8 Å². The van der Waals surface area contributed by atoms with Crippen LogP contribution in [0.25, 0.3) is 5.57 Å². The van der Waals surface area contributed by atoms with E-state index in [2.05, 4.69) is 5.32 Å². The van der Waals surface area contributed by atoms with Crippen molar-refractivity contribution in [3.8, 4) is 5.75 Å². The zero-order chi connectivity index (χ0) is 30.0. The summed E-state index contributed by atoms with van der Waals surface area (Å²) < 4.78 is 51.2. The average molecular weight is 595 g/mol. The predicted molar refractivity (Wildman–Crippen MR) is 149 cm³/mol. The molecule has 7 nitrogen and oxygen atoms in total. The van der Waals surface area contributed by atoms with Gasteiger partial charge in [0.15, 0.2) is 0 Å². The van der Waals surface area contributed by atoms with Gasteiger partial charge in [-0.3, -0.25) is 4.79 Å². The molecule has 0 saturated heterocycles. The summed E-state index contributed by atoms with van der Waals surface area (Å²) in [6.07, 6.45) is -3.41. The second-order valence-electron chi connectivity index (χ2n) is 11.4. The summed E-state index contributed by atoms with van der Waals surface area (Å²) in [5.74, 6) is 0.171. The lowest BCUT2D eigenvalue weighted by atomic mass is 9.92. The van der Waals surface area contributed by atoms with E-state index in [4.69, 9.17) is 26.2 Å². The Morgan fingerprint density at radius 2 is 1.78 bits per heavy atom. The molecule has 0 atom stereocenters. The van der Waals surface area contributed by atoms with Crippen LogP contribution in [0.2, 0.25) is 5.02 Å². The third-order valence-corrected chi connectivity index (χ3v) is 7.43. The molecule has 1 aliphatic heterocycles. The maximum atomic E-state index is 13.8. The minimum atomic E-state index is -4.58. The Balaban J connectivity index is 1.60. The van der Waals surface area contributed by atoms with E-state index in [0.717, 1.165) is 17.2 Å². The van der Waals surface area contributed by atoms with Crippen LogP contribution in [0.1, 0.15) is 56.7 Å². The molecule has 4 rings (SSSR count). The first-order chi connectivity index (χ1) is 19.2. The highest BCUT2D eigenvalue weighted by molar-refractivity contribution is 6.32. The molecular weight excluding hydrogens is 561 g/mol. The Bertz CT molecular complexity index is 1310. The standard InChI is InChI=1S/C30H34ClF3N2O5/c1-28(2,3)41-27(39)36-14-11-22(19-7-9-21(10-8-19)40-16-15-37)23(18-36)26(38)35-29(12-13-29)17-20-5-4-6-24(25(20)31)30(32,33)34/h4-10,37H,11-18H2,1-3H3,(H,35,38). The molecule has 1 heterocycles. The van der Waals surface area contributed by atoms with Crippen molar-refractivity contribution >= 4 is 29.2 Å². The number of ether oxygens (including phenoxy) is 2. The number of nitrogens with one attached hydrogen (secondary N) is 1. The number of benzene rings is 2. The lowest BCUT2D eigenvalue weighted by Gasteiger charge is -2.33. The van der Waals surface area contributed by atoms with Crippen molar-refractivity contribution in [3.63, 3.8) is 0 Å². The van der Waals surface area contributed by atoms with E-state index < -0.39 is 34.9 Å². The highest BCUT2D eigenvalue weighted by Crippen LogP contribution is 2.43. The number of carbonyl (C=O) groups excluding carboxylic acids is 2. The maximum absolute atomic E-state index is 13.8. The topological polar surface area (TPSA) is 88.1 Å². The van der Waals surface area contributed by atoms with Gasteiger partial charge in [0.25, 0.3) is 0 Å². The molecule has 1 aliphatic carbocycles. The van der Waals surface area contributed by atoms with Gasteiger partial charge in [0, 0.05) is 17.7 Å². The van der Waals surface area contributed by atoms with Crippen LogP contribution >= 0.6 is 11.6 Å². The summed E-state index contributed by atoms with van der Waals surface area (Å²) in [4.78, 5) is 28.1. The van der Waals surface area contributed by atoms with Crippen molar-refractivity contribution in [2.24, 2.45) is 0 Å². The van der Waals surface area contributed by atoms with Crippen LogP contribution in [0.5, 0.6) is 5.75 Å². The minimum Gasteiger partial charge on any atom is -0.491 e. The monoisotopic (exact) mass is 594 g/mol. The summed E-state index contributed by atoms with van der Waals surface area (Å²) in [5.41, 5.74) is -0.130. The molecule has 41 heavy (non-hydrogen) atoms. The highest BCUT2D eigenvalue weighted by atomic mass is 35.5. The number of aliphatic hydroxyl groups is 1. The van der Waals surface area contributed by atoms with Crippen LogP contribution in [-0.4, -0.2) is 59.5 Å². The molecule has 0 aromatic heterocycles. The number of hydrogen-bond donors (Lipinski definition) is 2. The van der Waals surface area contributed by atoms with E-state index in [9.17, 15) is 22.8 Å². The van der Waals surface area contributed by atoms with Crippen molar-refractivity contribution in [2.75, 3.05) is 26.3 Å². The van der Waals surface area contributed by atoms with Gasteiger partial charge in [0.05, 0.1) is 23.7 Å². The molecule has 222 valence electrons. The van der Waals surface area contributed by atoms with Gasteiger partial charge in [-0.25, -0.2) is 4.79 Å². The molecule has 2 amide bonds. The Kier molecular flexibility index (Phi) is 8.94. The molecule has 11 heteroatoms. The van der Waals surface area contributed by atoms with Crippen molar-refractivity contribution in [1.29, 1.82) is 0 Å². The van der Waals surface area contributed by atoms with Gasteiger partial charge in [-0.1, -0.05) is 35.9 Å². The average Bonchev–Trinajstić information content (AvgIpc) is 3.65. The van der Waals surface area contributed by atoms with Gasteiger partial charge in [0.2, 0.25) is 5.91 Å². The van der Waals surface area contributed by atoms with Crippen molar-refractivity contribution < 1.29 is 37.3 Å². The Morgan fingerprint density at radius 1 is 1.10 bits per heavy atom. The Hall–Kier alpha value is -3.24. The number of aliphatic hydroxyl groups excluding tert-OH is 1. The molecule has 2 aliphatic rings. The van der Waals surface area contributed by atoms with Gasteiger partial charge in [-0.2, -0.15) is 13.2 Å². The molecule has 0 bridgehead atoms. The second kappa shape index (κ2) is 11.9. The second-order valence-corrected chi connectivity index (χ2v) is 11.8. The summed E-state index contributed by atoms with van der Waals surface area (Å²) in [6, 6.07) is 10.9. The summed E-state index contributed by atoms with van der Waals surface area (Å²) in [7, 11) is 0. The van der Waals surface area contributed by atoms with E-state index in [1.165, 1.54) is 11.0 Å². The SMILES string of the molecule is CC(C)(C)OC(=O)N1CCC(c2ccc(OCCO)cc2)=C(C(=O)NC2(Cc3cccc(C(F)(F)F)c3Cl)CC2)C1. The smallest absolute Gasteiger partial charge is 0.417 e. The first kappa shape index (κ1) is 30.7. The minimum absolute atomic E-state index is 0.0131. The molecule has 2 aromatic rings. The quantitative estimate of drug-likeness (QED) is 0.390. The number of amides is 2. The third-order valence-electron chi connectivity index (χ3n) is 6.98. The summed E-state index contributed by atoms with van der Waals surface area (Å²) >= 11 is 6.14. The first-order valence-corrected chi connectivity index (χ1v) is 13.8. The fraction of sp³-hybridized carbons (Fsp3) is 0.467. The predicted octanol–water partition coefficient (Wildman–Crippen LogP) is 6.02. The molecule has 1 saturated carbocycles. The van der Waals surface area contributed by atoms with Crippen molar-refractivity contribution in [1.82, 2.24) is 10.2 Å². The number of hydrogen-bond acceptors (Lipinski definition) is 5. The van der Waals surface area contributed by atoms with Crippen LogP contribution in [0.3, 0.4) is 0 Å². The third kappa shape index (κ3) is 7.74. The van der Waals surface area contributed by atoms with Crippen molar-refractivity contribution in [3.05, 3.63) is 69.8 Å². The van der Waals surface area contributed by atoms with Crippen LogP contribution in [0.4, 0.5) is 18.0 Å². The zero-order valence-electron chi connectivity index (χ0n) is 23.2. The fourth-order valence-electron chi connectivity index (χ4n) is 4.80. The Morgan fingerprint density at radius 3 is 2.37 bits per heavy atom. The molecule has 0 spiro atoms. The molecule has 0 radical (unpaired) electrons. The zero-order valence-corrected chi connectivity index (χ0v) is 24.0. The normalized spacial score (nSPS) is 16.8. The molecule has 0 unspecified atom stereocenters. The van der Waals surface area contributed by atoms with Gasteiger partial charge in [-0.15, -0.1) is 0 Å². The molecule has 2 N–H and O–H groups in total. The number of nitrogens with zero attached hydrogens (tertiary/aromatic N) is 1. The molecule has 1 fully saturated rings. The van der Waals surface area contributed by atoms with E-state index in [-0.39, 0.29) is 31.2 Å². The Labute approximate surface area is 242 Å². The van der Waals surface area contributed by atoms with E-state index in [1.807, 2.05) is 12.1 Å². The number of rotatable bonds is 8. The maximum Gasteiger partial charge on any atom is 0.417 e. The van der Waals surface area contributed by atoms with Gasteiger partial charge >= 0.3 is 12.3 Å². The van der Waals surface area contributed by atoms with E-state index in [1.54, 1.807) is 39.0 Å². The van der Waals surface area contributed by atoms with Crippen LogP contribution < -0.4 is 10.1 Å². The summed E-state index contributed by atoms with van der Waals surface area (Å²) in [6.45, 7) is 5.68.